The molecule has 2 heteroatoms. The van der Waals surface area contributed by atoms with Gasteiger partial charge in [0, 0.05) is 0 Å². The molecule has 0 unspecified atom stereocenters. The third-order valence-electron chi connectivity index (χ3n) is 2.18. The van der Waals surface area contributed by atoms with Crippen molar-refractivity contribution in [1.82, 2.24) is 0 Å². The lowest BCUT2D eigenvalue weighted by molar-refractivity contribution is 0.444. The summed E-state index contributed by atoms with van der Waals surface area (Å²) in [5, 5.41) is 0. The van der Waals surface area contributed by atoms with Gasteiger partial charge in [0.2, 0.25) is 8.32 Å². The number of hydrogen-bond acceptors (Lipinski definition) is 1. The molecule has 0 aliphatic rings. The fourth-order valence-electron chi connectivity index (χ4n) is 1.43. The van der Waals surface area contributed by atoms with E-state index in [-0.39, 0.29) is 0 Å². The van der Waals surface area contributed by atoms with Crippen LogP contribution in [-0.2, 0) is 4.43 Å². The zero-order valence-electron chi connectivity index (χ0n) is 10.6. The molecule has 0 N–H and O–H groups in total. The zero-order valence-corrected chi connectivity index (χ0v) is 11.6. The van der Waals surface area contributed by atoms with E-state index in [2.05, 4.69) is 45.3 Å². The third kappa shape index (κ3) is 3.70. The predicted octanol–water partition coefficient (Wildman–Crippen LogP) is 4.46. The van der Waals surface area contributed by atoms with E-state index in [1.807, 2.05) is 18.2 Å². The Hall–Kier alpha value is -1.28. The Balaban J connectivity index is 3.05. The van der Waals surface area contributed by atoms with Gasteiger partial charge in [-0.1, -0.05) is 36.9 Å². The van der Waals surface area contributed by atoms with Crippen LogP contribution in [0.3, 0.4) is 0 Å². The normalized spacial score (nSPS) is 13.0. The van der Waals surface area contributed by atoms with Crippen LogP contribution in [-0.4, -0.2) is 8.32 Å². The molecule has 0 spiro atoms. The van der Waals surface area contributed by atoms with Crippen molar-refractivity contribution < 1.29 is 4.43 Å². The number of rotatable bonds is 4. The second kappa shape index (κ2) is 5.17. The molecule has 1 aromatic rings. The molecule has 0 aliphatic heterocycles. The summed E-state index contributed by atoms with van der Waals surface area (Å²) < 4.78 is 6.00. The number of benzene rings is 1. The monoisotopic (exact) mass is 232 g/mol. The lowest BCUT2D eigenvalue weighted by Crippen LogP contribution is -2.24. The largest absolute Gasteiger partial charge is 0.544 e. The Bertz CT molecular complexity index is 385. The van der Waals surface area contributed by atoms with Crippen LogP contribution < -0.4 is 0 Å². The van der Waals surface area contributed by atoms with E-state index in [1.54, 1.807) is 6.08 Å². The molecule has 0 amide bonds. The molecular formula is C14H20OSi. The molecule has 0 saturated carbocycles. The molecule has 0 aliphatic carbocycles. The Kier molecular flexibility index (Phi) is 4.13. The smallest absolute Gasteiger partial charge is 0.242 e. The third-order valence-corrected chi connectivity index (χ3v) is 3.01. The SMILES string of the molecule is C=C/C(O[Si](C)(C)C)=C(\C)c1ccccc1. The first-order chi connectivity index (χ1) is 7.44. The molecule has 1 rings (SSSR count). The molecule has 1 nitrogen and oxygen atoms in total. The molecule has 0 aromatic heterocycles. The highest BCUT2D eigenvalue weighted by molar-refractivity contribution is 6.70. The van der Waals surface area contributed by atoms with Crippen LogP contribution >= 0.6 is 0 Å². The molecule has 1 aromatic carbocycles. The maximum absolute atomic E-state index is 6.00. The fraction of sp³-hybridized carbons (Fsp3) is 0.286. The van der Waals surface area contributed by atoms with Crippen molar-refractivity contribution in [3.05, 3.63) is 54.3 Å². The van der Waals surface area contributed by atoms with Gasteiger partial charge in [-0.05, 0) is 43.8 Å². The maximum atomic E-state index is 6.00. The molecule has 0 atom stereocenters. The summed E-state index contributed by atoms with van der Waals surface area (Å²) >= 11 is 0. The van der Waals surface area contributed by atoms with Crippen LogP contribution in [0.1, 0.15) is 12.5 Å². The topological polar surface area (TPSA) is 9.23 Å². The first-order valence-corrected chi connectivity index (χ1v) is 8.92. The van der Waals surface area contributed by atoms with Crippen molar-refractivity contribution in [2.45, 2.75) is 26.6 Å². The van der Waals surface area contributed by atoms with E-state index in [0.29, 0.717) is 0 Å². The highest BCUT2D eigenvalue weighted by Gasteiger charge is 2.17. The van der Waals surface area contributed by atoms with Gasteiger partial charge in [0.1, 0.15) is 5.76 Å². The predicted molar refractivity (Wildman–Crippen MR) is 73.7 cm³/mol. The summed E-state index contributed by atoms with van der Waals surface area (Å²) in [6, 6.07) is 10.3. The van der Waals surface area contributed by atoms with Crippen LogP contribution in [0.4, 0.5) is 0 Å². The summed E-state index contributed by atoms with van der Waals surface area (Å²) in [6.45, 7) is 12.4. The van der Waals surface area contributed by atoms with Gasteiger partial charge >= 0.3 is 0 Å². The lowest BCUT2D eigenvalue weighted by Gasteiger charge is -2.22. The standard InChI is InChI=1S/C14H20OSi/c1-6-14(15-16(3,4)5)12(2)13-10-8-7-9-11-13/h6-11H,1H2,2-5H3/b14-12-. The summed E-state index contributed by atoms with van der Waals surface area (Å²) in [5.41, 5.74) is 2.34. The molecular weight excluding hydrogens is 212 g/mol. The first kappa shape index (κ1) is 12.8. The van der Waals surface area contributed by atoms with Gasteiger partial charge in [0.25, 0.3) is 0 Å². The fourth-order valence-corrected chi connectivity index (χ4v) is 2.33. The second-order valence-electron chi connectivity index (χ2n) is 4.77. The second-order valence-corrected chi connectivity index (χ2v) is 9.20. The van der Waals surface area contributed by atoms with Crippen LogP contribution in [0.15, 0.2) is 48.7 Å². The minimum absolute atomic E-state index is 0.908. The van der Waals surface area contributed by atoms with E-state index < -0.39 is 8.32 Å². The summed E-state index contributed by atoms with van der Waals surface area (Å²) in [6.07, 6.45) is 1.81. The molecule has 16 heavy (non-hydrogen) atoms. The van der Waals surface area contributed by atoms with Crippen molar-refractivity contribution in [2.75, 3.05) is 0 Å². The Morgan fingerprint density at radius 2 is 1.75 bits per heavy atom. The van der Waals surface area contributed by atoms with E-state index >= 15 is 0 Å². The minimum Gasteiger partial charge on any atom is -0.544 e. The van der Waals surface area contributed by atoms with Crippen molar-refractivity contribution in [2.24, 2.45) is 0 Å². The van der Waals surface area contributed by atoms with Gasteiger partial charge < -0.3 is 4.43 Å². The molecule has 0 bridgehead atoms. The van der Waals surface area contributed by atoms with Gasteiger partial charge in [-0.25, -0.2) is 0 Å². The molecule has 0 fully saturated rings. The van der Waals surface area contributed by atoms with Crippen molar-refractivity contribution >= 4 is 13.9 Å². The molecule has 0 heterocycles. The molecule has 0 radical (unpaired) electrons. The maximum Gasteiger partial charge on any atom is 0.242 e. The quantitative estimate of drug-likeness (QED) is 0.423. The Labute approximate surface area is 99.6 Å². The van der Waals surface area contributed by atoms with E-state index in [9.17, 15) is 0 Å². The highest BCUT2D eigenvalue weighted by Crippen LogP contribution is 2.22. The van der Waals surface area contributed by atoms with Crippen LogP contribution in [0.2, 0.25) is 19.6 Å². The molecule has 86 valence electrons. The Morgan fingerprint density at radius 3 is 2.19 bits per heavy atom. The average molecular weight is 232 g/mol. The summed E-state index contributed by atoms with van der Waals surface area (Å²) in [4.78, 5) is 0. The highest BCUT2D eigenvalue weighted by atomic mass is 28.4. The van der Waals surface area contributed by atoms with Gasteiger partial charge in [-0.15, -0.1) is 0 Å². The van der Waals surface area contributed by atoms with Gasteiger partial charge in [-0.2, -0.15) is 0 Å². The van der Waals surface area contributed by atoms with Crippen LogP contribution in [0.5, 0.6) is 0 Å². The van der Waals surface area contributed by atoms with E-state index in [0.717, 1.165) is 11.3 Å². The Morgan fingerprint density at radius 1 is 1.19 bits per heavy atom. The van der Waals surface area contributed by atoms with Crippen LogP contribution in [0.25, 0.3) is 5.57 Å². The molecule has 0 saturated heterocycles. The van der Waals surface area contributed by atoms with Crippen molar-refractivity contribution in [3.63, 3.8) is 0 Å². The minimum atomic E-state index is -1.57. The van der Waals surface area contributed by atoms with Crippen molar-refractivity contribution in [3.8, 4) is 0 Å². The number of allylic oxidation sites excluding steroid dienone is 2. The van der Waals surface area contributed by atoms with Crippen LogP contribution in [0, 0.1) is 0 Å². The number of hydrogen-bond donors (Lipinski definition) is 0. The van der Waals surface area contributed by atoms with Crippen molar-refractivity contribution in [1.29, 1.82) is 0 Å². The van der Waals surface area contributed by atoms with Gasteiger partial charge in [-0.3, -0.25) is 0 Å². The summed E-state index contributed by atoms with van der Waals surface area (Å²) in [5.74, 6) is 0.908. The average Bonchev–Trinajstić information content (AvgIpc) is 2.25. The summed E-state index contributed by atoms with van der Waals surface area (Å²) in [7, 11) is -1.57. The lowest BCUT2D eigenvalue weighted by atomic mass is 10.1. The van der Waals surface area contributed by atoms with E-state index in [4.69, 9.17) is 4.43 Å². The zero-order chi connectivity index (χ0) is 12.2. The van der Waals surface area contributed by atoms with Gasteiger partial charge in [0.05, 0.1) is 0 Å². The van der Waals surface area contributed by atoms with Gasteiger partial charge in [0.15, 0.2) is 0 Å². The first-order valence-electron chi connectivity index (χ1n) is 5.52. The van der Waals surface area contributed by atoms with E-state index in [1.165, 1.54) is 5.56 Å².